The van der Waals surface area contributed by atoms with Crippen LogP contribution < -0.4 is 5.32 Å². The van der Waals surface area contributed by atoms with Crippen molar-refractivity contribution < 1.29 is 4.74 Å². The first-order chi connectivity index (χ1) is 9.15. The summed E-state index contributed by atoms with van der Waals surface area (Å²) in [7, 11) is 1.77. The van der Waals surface area contributed by atoms with Crippen LogP contribution in [0.4, 0.5) is 0 Å². The molecule has 1 N–H and O–H groups in total. The van der Waals surface area contributed by atoms with Gasteiger partial charge in [0.15, 0.2) is 0 Å². The normalized spacial score (nSPS) is 28.5. The van der Waals surface area contributed by atoms with Crippen LogP contribution in [-0.4, -0.2) is 44.3 Å². The molecule has 0 amide bonds. The van der Waals surface area contributed by atoms with Gasteiger partial charge in [-0.15, -0.1) is 0 Å². The third kappa shape index (κ3) is 3.56. The fourth-order valence-corrected chi connectivity index (χ4v) is 2.83. The van der Waals surface area contributed by atoms with Gasteiger partial charge in [-0.25, -0.2) is 0 Å². The number of hydrogen-bond acceptors (Lipinski definition) is 3. The second-order valence-corrected chi connectivity index (χ2v) is 5.74. The number of benzene rings is 1. The summed E-state index contributed by atoms with van der Waals surface area (Å²) in [5, 5.41) is 3.71. The van der Waals surface area contributed by atoms with Gasteiger partial charge in [0.1, 0.15) is 0 Å². The zero-order chi connectivity index (χ0) is 13.7. The molecule has 3 heteroatoms. The third-order valence-electron chi connectivity index (χ3n) is 4.14. The first-order valence-electron chi connectivity index (χ1n) is 7.19. The standard InChI is InChI=1S/C16H26N2O/c1-14-12-17-16(2,15-8-5-4-6-9-15)13-18(14)10-7-11-19-3/h4-6,8-9,14,17H,7,10-13H2,1-3H3. The van der Waals surface area contributed by atoms with Crippen molar-refractivity contribution in [3.8, 4) is 0 Å². The summed E-state index contributed by atoms with van der Waals surface area (Å²) < 4.78 is 5.16. The van der Waals surface area contributed by atoms with Crippen molar-refractivity contribution in [2.75, 3.05) is 33.4 Å². The minimum Gasteiger partial charge on any atom is -0.385 e. The number of hydrogen-bond donors (Lipinski definition) is 1. The molecule has 0 aromatic heterocycles. The molecule has 106 valence electrons. The third-order valence-corrected chi connectivity index (χ3v) is 4.14. The van der Waals surface area contributed by atoms with Crippen molar-refractivity contribution in [1.29, 1.82) is 0 Å². The Morgan fingerprint density at radius 1 is 1.37 bits per heavy atom. The molecule has 1 aromatic rings. The zero-order valence-electron chi connectivity index (χ0n) is 12.4. The Balaban J connectivity index is 2.03. The molecule has 0 aliphatic carbocycles. The Morgan fingerprint density at radius 2 is 2.11 bits per heavy atom. The first-order valence-corrected chi connectivity index (χ1v) is 7.19. The van der Waals surface area contributed by atoms with Crippen molar-refractivity contribution in [3.05, 3.63) is 35.9 Å². The fourth-order valence-electron chi connectivity index (χ4n) is 2.83. The molecule has 0 spiro atoms. The van der Waals surface area contributed by atoms with Gasteiger partial charge in [0.05, 0.1) is 5.54 Å². The van der Waals surface area contributed by atoms with E-state index >= 15 is 0 Å². The average Bonchev–Trinajstić information content (AvgIpc) is 2.44. The Kier molecular flexibility index (Phi) is 4.97. The highest BCUT2D eigenvalue weighted by Gasteiger charge is 2.34. The summed E-state index contributed by atoms with van der Waals surface area (Å²) in [4.78, 5) is 2.57. The van der Waals surface area contributed by atoms with E-state index < -0.39 is 0 Å². The van der Waals surface area contributed by atoms with E-state index in [1.54, 1.807) is 7.11 Å². The molecule has 1 fully saturated rings. The van der Waals surface area contributed by atoms with Crippen LogP contribution in [0.3, 0.4) is 0 Å². The minimum atomic E-state index is 0.0564. The van der Waals surface area contributed by atoms with Gasteiger partial charge in [-0.1, -0.05) is 30.3 Å². The summed E-state index contributed by atoms with van der Waals surface area (Å²) in [6, 6.07) is 11.3. The topological polar surface area (TPSA) is 24.5 Å². The minimum absolute atomic E-state index is 0.0564. The molecule has 2 rings (SSSR count). The summed E-state index contributed by atoms with van der Waals surface area (Å²) >= 11 is 0. The number of rotatable bonds is 5. The molecule has 0 radical (unpaired) electrons. The van der Waals surface area contributed by atoms with E-state index in [1.165, 1.54) is 5.56 Å². The van der Waals surface area contributed by atoms with Crippen LogP contribution in [0.5, 0.6) is 0 Å². The number of ether oxygens (including phenoxy) is 1. The Morgan fingerprint density at radius 3 is 2.79 bits per heavy atom. The predicted molar refractivity (Wildman–Crippen MR) is 79.3 cm³/mol. The van der Waals surface area contributed by atoms with Gasteiger partial charge in [-0.3, -0.25) is 4.90 Å². The molecule has 3 nitrogen and oxygen atoms in total. The summed E-state index contributed by atoms with van der Waals surface area (Å²) in [5.74, 6) is 0. The fraction of sp³-hybridized carbons (Fsp3) is 0.625. The van der Waals surface area contributed by atoms with Gasteiger partial charge in [0.2, 0.25) is 0 Å². The molecule has 0 bridgehead atoms. The van der Waals surface area contributed by atoms with E-state index in [1.807, 2.05) is 0 Å². The molecule has 2 unspecified atom stereocenters. The van der Waals surface area contributed by atoms with E-state index in [-0.39, 0.29) is 5.54 Å². The quantitative estimate of drug-likeness (QED) is 0.824. The Hall–Kier alpha value is -0.900. The van der Waals surface area contributed by atoms with E-state index in [0.717, 1.165) is 32.7 Å². The molecule has 1 aromatic carbocycles. The smallest absolute Gasteiger partial charge is 0.0535 e. The number of nitrogens with zero attached hydrogens (tertiary/aromatic N) is 1. The average molecular weight is 262 g/mol. The van der Waals surface area contributed by atoms with E-state index in [4.69, 9.17) is 4.74 Å². The van der Waals surface area contributed by atoms with E-state index in [2.05, 4.69) is 54.4 Å². The monoisotopic (exact) mass is 262 g/mol. The number of piperazine rings is 1. The lowest BCUT2D eigenvalue weighted by Crippen LogP contribution is -2.60. The van der Waals surface area contributed by atoms with Crippen molar-refractivity contribution >= 4 is 0 Å². The first kappa shape index (κ1) is 14.5. The highest BCUT2D eigenvalue weighted by molar-refractivity contribution is 5.25. The van der Waals surface area contributed by atoms with Crippen LogP contribution in [0.2, 0.25) is 0 Å². The maximum Gasteiger partial charge on any atom is 0.0535 e. The maximum atomic E-state index is 5.16. The van der Waals surface area contributed by atoms with Crippen LogP contribution in [0.1, 0.15) is 25.8 Å². The molecule has 19 heavy (non-hydrogen) atoms. The van der Waals surface area contributed by atoms with Crippen LogP contribution in [0.15, 0.2) is 30.3 Å². The largest absolute Gasteiger partial charge is 0.385 e. The van der Waals surface area contributed by atoms with E-state index in [9.17, 15) is 0 Å². The molecule has 0 saturated carbocycles. The molecule has 1 heterocycles. The van der Waals surface area contributed by atoms with Crippen molar-refractivity contribution in [1.82, 2.24) is 10.2 Å². The zero-order valence-corrected chi connectivity index (χ0v) is 12.4. The lowest BCUT2D eigenvalue weighted by atomic mass is 9.88. The van der Waals surface area contributed by atoms with E-state index in [0.29, 0.717) is 6.04 Å². The highest BCUT2D eigenvalue weighted by Crippen LogP contribution is 2.26. The molecular weight excluding hydrogens is 236 g/mol. The van der Waals surface area contributed by atoms with Crippen LogP contribution in [0.25, 0.3) is 0 Å². The lowest BCUT2D eigenvalue weighted by Gasteiger charge is -2.45. The van der Waals surface area contributed by atoms with Gasteiger partial charge in [0, 0.05) is 39.4 Å². The van der Waals surface area contributed by atoms with Crippen LogP contribution in [0, 0.1) is 0 Å². The van der Waals surface area contributed by atoms with Gasteiger partial charge < -0.3 is 10.1 Å². The molecule has 2 atom stereocenters. The Labute approximate surface area is 116 Å². The summed E-state index contributed by atoms with van der Waals surface area (Å²) in [6.45, 7) is 8.65. The van der Waals surface area contributed by atoms with Gasteiger partial charge in [0.25, 0.3) is 0 Å². The highest BCUT2D eigenvalue weighted by atomic mass is 16.5. The molecular formula is C16H26N2O. The van der Waals surface area contributed by atoms with Crippen LogP contribution in [-0.2, 0) is 10.3 Å². The Bertz CT molecular complexity index is 382. The van der Waals surface area contributed by atoms with Crippen molar-refractivity contribution in [2.45, 2.75) is 31.8 Å². The maximum absolute atomic E-state index is 5.16. The van der Waals surface area contributed by atoms with Crippen molar-refractivity contribution in [3.63, 3.8) is 0 Å². The molecule has 1 aliphatic rings. The predicted octanol–water partition coefficient (Wildman–Crippen LogP) is 2.23. The lowest BCUT2D eigenvalue weighted by molar-refractivity contribution is 0.0825. The second kappa shape index (κ2) is 6.51. The second-order valence-electron chi connectivity index (χ2n) is 5.74. The van der Waals surface area contributed by atoms with Gasteiger partial charge >= 0.3 is 0 Å². The van der Waals surface area contributed by atoms with Crippen LogP contribution >= 0.6 is 0 Å². The summed E-state index contributed by atoms with van der Waals surface area (Å²) in [5.41, 5.74) is 1.43. The summed E-state index contributed by atoms with van der Waals surface area (Å²) in [6.07, 6.45) is 1.10. The SMILES string of the molecule is COCCCN1CC(C)(c2ccccc2)NCC1C. The van der Waals surface area contributed by atoms with Gasteiger partial charge in [-0.05, 0) is 25.8 Å². The van der Waals surface area contributed by atoms with Gasteiger partial charge in [-0.2, -0.15) is 0 Å². The molecule has 1 aliphatic heterocycles. The molecule has 1 saturated heterocycles. The van der Waals surface area contributed by atoms with Crippen molar-refractivity contribution in [2.24, 2.45) is 0 Å². The number of methoxy groups -OCH3 is 1. The number of nitrogens with one attached hydrogen (secondary N) is 1.